The van der Waals surface area contributed by atoms with Crippen LogP contribution < -0.4 is 0 Å². The van der Waals surface area contributed by atoms with Gasteiger partial charge in [0.25, 0.3) is 0 Å². The lowest BCUT2D eigenvalue weighted by atomic mass is 9.93. The molecule has 3 aromatic heterocycles. The Morgan fingerprint density at radius 3 is 1.98 bits per heavy atom. The van der Waals surface area contributed by atoms with E-state index < -0.39 is 101 Å². The summed E-state index contributed by atoms with van der Waals surface area (Å²) in [5, 5.41) is 2.82. The normalized spacial score (nSPS) is 15.2. The van der Waals surface area contributed by atoms with Crippen LogP contribution in [-0.2, 0) is 0 Å². The standard InChI is InChI=1S/C46H28N2OS/c1-3-11-29(12-4-1)34-24-35(30-13-5-2-6-14-30)26-36(25-34)31-21-22-41-40(27-31)44-45(49-41)43(47-28-48-44)33-16-9-15-32(23-33)37-18-10-19-39-38-17-7-8-20-42(38)50-46(37)39/h1-28H/i1D,2D,3D,4D,5D,6D,11D,12D,13D,14D,24D,25D,26D. The van der Waals surface area contributed by atoms with Gasteiger partial charge in [-0.1, -0.05) is 121 Å². The molecule has 0 fully saturated rings. The van der Waals surface area contributed by atoms with Crippen molar-refractivity contribution in [3.05, 3.63) is 170 Å². The number of benzene rings is 7. The lowest BCUT2D eigenvalue weighted by molar-refractivity contribution is 0.667. The predicted molar refractivity (Wildman–Crippen MR) is 209 cm³/mol. The van der Waals surface area contributed by atoms with E-state index in [4.69, 9.17) is 18.1 Å². The van der Waals surface area contributed by atoms with Crippen molar-refractivity contribution in [1.82, 2.24) is 9.97 Å². The molecule has 3 nitrogen and oxygen atoms in total. The molecule has 0 aliphatic carbocycles. The molecule has 4 heteroatoms. The fourth-order valence-electron chi connectivity index (χ4n) is 6.36. The Morgan fingerprint density at radius 1 is 0.520 bits per heavy atom. The monoisotopic (exact) mass is 669 g/mol. The quantitative estimate of drug-likeness (QED) is 0.183. The molecule has 0 unspecified atom stereocenters. The Morgan fingerprint density at radius 2 is 1.20 bits per heavy atom. The maximum atomic E-state index is 9.51. The molecule has 0 saturated heterocycles. The highest BCUT2D eigenvalue weighted by Crippen LogP contribution is 2.42. The van der Waals surface area contributed by atoms with Crippen LogP contribution in [0.2, 0.25) is 0 Å². The lowest BCUT2D eigenvalue weighted by Crippen LogP contribution is -1.88. The topological polar surface area (TPSA) is 38.9 Å². The Hall–Kier alpha value is -6.36. The molecule has 7 aromatic carbocycles. The summed E-state index contributed by atoms with van der Waals surface area (Å²) in [6.07, 6.45) is 1.41. The highest BCUT2D eigenvalue weighted by Gasteiger charge is 2.18. The summed E-state index contributed by atoms with van der Waals surface area (Å²) in [7, 11) is 0. The average Bonchev–Trinajstić information content (AvgIpc) is 3.87. The van der Waals surface area contributed by atoms with Crippen LogP contribution in [0.4, 0.5) is 0 Å². The second-order valence-electron chi connectivity index (χ2n) is 11.6. The molecular weight excluding hydrogens is 629 g/mol. The summed E-state index contributed by atoms with van der Waals surface area (Å²) in [6, 6.07) is 18.3. The van der Waals surface area contributed by atoms with Gasteiger partial charge in [-0.3, -0.25) is 0 Å². The maximum absolute atomic E-state index is 9.51. The zero-order chi connectivity index (χ0) is 44.3. The first kappa shape index (κ1) is 18.4. The molecule has 10 aromatic rings. The van der Waals surface area contributed by atoms with Gasteiger partial charge >= 0.3 is 0 Å². The van der Waals surface area contributed by atoms with Gasteiger partial charge < -0.3 is 4.42 Å². The molecule has 0 atom stereocenters. The number of aromatic nitrogens is 2. The molecule has 0 amide bonds. The molecule has 0 bridgehead atoms. The largest absolute Gasteiger partial charge is 0.452 e. The van der Waals surface area contributed by atoms with E-state index in [-0.39, 0.29) is 11.1 Å². The van der Waals surface area contributed by atoms with Gasteiger partial charge in [0.1, 0.15) is 23.1 Å². The van der Waals surface area contributed by atoms with Gasteiger partial charge in [0, 0.05) is 31.1 Å². The highest BCUT2D eigenvalue weighted by molar-refractivity contribution is 7.26. The number of thiophene rings is 1. The van der Waals surface area contributed by atoms with Crippen LogP contribution in [0.25, 0.3) is 98.0 Å². The fourth-order valence-corrected chi connectivity index (χ4v) is 7.60. The molecule has 3 heterocycles. The maximum Gasteiger partial charge on any atom is 0.180 e. The van der Waals surface area contributed by atoms with Crippen molar-refractivity contribution >= 4 is 53.6 Å². The van der Waals surface area contributed by atoms with E-state index in [1.807, 2.05) is 42.5 Å². The molecule has 50 heavy (non-hydrogen) atoms. The number of fused-ring (bicyclic) bond motifs is 6. The van der Waals surface area contributed by atoms with Crippen molar-refractivity contribution in [2.24, 2.45) is 0 Å². The first-order chi connectivity index (χ1) is 30.2. The minimum absolute atomic E-state index is 0.191. The van der Waals surface area contributed by atoms with E-state index in [2.05, 4.69) is 34.2 Å². The third kappa shape index (κ3) is 4.80. The summed E-state index contributed by atoms with van der Waals surface area (Å²) in [4.78, 5) is 9.23. The first-order valence-corrected chi connectivity index (χ1v) is 16.5. The van der Waals surface area contributed by atoms with Crippen LogP contribution in [0.1, 0.15) is 17.8 Å². The van der Waals surface area contributed by atoms with E-state index in [0.29, 0.717) is 27.8 Å². The van der Waals surface area contributed by atoms with Crippen LogP contribution in [0.15, 0.2) is 174 Å². The Kier molecular flexibility index (Phi) is 4.29. The highest BCUT2D eigenvalue weighted by atomic mass is 32.1. The Bertz CT molecular complexity index is 3480. The van der Waals surface area contributed by atoms with Gasteiger partial charge in [0.2, 0.25) is 0 Å². The minimum Gasteiger partial charge on any atom is -0.452 e. The van der Waals surface area contributed by atoms with Gasteiger partial charge in [-0.25, -0.2) is 9.97 Å². The van der Waals surface area contributed by atoms with Gasteiger partial charge in [-0.2, -0.15) is 0 Å². The van der Waals surface area contributed by atoms with Crippen LogP contribution in [0.5, 0.6) is 0 Å². The number of rotatable bonds is 5. The van der Waals surface area contributed by atoms with Gasteiger partial charge in [0.15, 0.2) is 5.58 Å². The lowest BCUT2D eigenvalue weighted by Gasteiger charge is -2.11. The van der Waals surface area contributed by atoms with Crippen LogP contribution in [-0.4, -0.2) is 9.97 Å². The molecular formula is C46H28N2OS. The average molecular weight is 670 g/mol. The van der Waals surface area contributed by atoms with Gasteiger partial charge in [0.05, 0.1) is 17.8 Å². The Labute approximate surface area is 311 Å². The number of nitrogens with zero attached hydrogens (tertiary/aromatic N) is 2. The van der Waals surface area contributed by atoms with Crippen molar-refractivity contribution in [2.75, 3.05) is 0 Å². The third-order valence-electron chi connectivity index (χ3n) is 8.64. The summed E-state index contributed by atoms with van der Waals surface area (Å²) in [6.45, 7) is 0. The van der Waals surface area contributed by atoms with Crippen molar-refractivity contribution in [3.8, 4) is 55.8 Å². The second-order valence-corrected chi connectivity index (χ2v) is 12.6. The number of furan rings is 1. The van der Waals surface area contributed by atoms with Crippen molar-refractivity contribution in [1.29, 1.82) is 0 Å². The fraction of sp³-hybridized carbons (Fsp3) is 0. The molecule has 0 radical (unpaired) electrons. The zero-order valence-corrected chi connectivity index (χ0v) is 26.7. The van der Waals surface area contributed by atoms with E-state index in [0.717, 1.165) is 21.4 Å². The smallest absolute Gasteiger partial charge is 0.180 e. The zero-order valence-electron chi connectivity index (χ0n) is 38.9. The molecule has 0 N–H and O–H groups in total. The molecule has 10 rings (SSSR count). The van der Waals surface area contributed by atoms with E-state index in [9.17, 15) is 4.11 Å². The van der Waals surface area contributed by atoms with Crippen molar-refractivity contribution in [2.45, 2.75) is 0 Å². The molecule has 0 aliphatic heterocycles. The van der Waals surface area contributed by atoms with Crippen LogP contribution >= 0.6 is 11.3 Å². The molecule has 0 aliphatic rings. The number of hydrogen-bond donors (Lipinski definition) is 0. The van der Waals surface area contributed by atoms with Crippen LogP contribution in [0.3, 0.4) is 0 Å². The summed E-state index contributed by atoms with van der Waals surface area (Å²) < 4.78 is 122. The van der Waals surface area contributed by atoms with Gasteiger partial charge in [-0.05, 0) is 86.9 Å². The number of hydrogen-bond acceptors (Lipinski definition) is 4. The molecule has 0 spiro atoms. The van der Waals surface area contributed by atoms with Gasteiger partial charge in [-0.15, -0.1) is 11.3 Å². The van der Waals surface area contributed by atoms with E-state index in [1.54, 1.807) is 29.5 Å². The van der Waals surface area contributed by atoms with E-state index in [1.165, 1.54) is 21.8 Å². The predicted octanol–water partition coefficient (Wildman–Crippen LogP) is 13.1. The summed E-state index contributed by atoms with van der Waals surface area (Å²) in [5.74, 6) is 0. The SMILES string of the molecule is [2H]c1c([2H])c([2H])c(-c2c([2H])c(-c3ccc4oc5c(-c6cccc(-c7cccc8c7sc7ccccc78)c6)ncnc5c4c3)c([2H])c(-c3c([2H])c([2H])c([2H])c([2H])c3[2H])c2[2H])c([2H])c1[2H]. The Balaban J connectivity index is 1.19. The van der Waals surface area contributed by atoms with Crippen LogP contribution in [0, 0.1) is 0 Å². The summed E-state index contributed by atoms with van der Waals surface area (Å²) in [5.41, 5.74) is 2.49. The first-order valence-electron chi connectivity index (χ1n) is 22.2. The van der Waals surface area contributed by atoms with Crippen molar-refractivity contribution < 1.29 is 22.2 Å². The molecule has 0 saturated carbocycles. The second kappa shape index (κ2) is 11.7. The van der Waals surface area contributed by atoms with Crippen molar-refractivity contribution in [3.63, 3.8) is 0 Å². The third-order valence-corrected chi connectivity index (χ3v) is 9.86. The summed E-state index contributed by atoms with van der Waals surface area (Å²) >= 11 is 1.73. The minimum atomic E-state index is -0.727. The van der Waals surface area contributed by atoms with E-state index >= 15 is 0 Å². The molecule has 234 valence electrons.